The zero-order valence-corrected chi connectivity index (χ0v) is 17.7. The maximum absolute atomic E-state index is 12.5. The predicted octanol–water partition coefficient (Wildman–Crippen LogP) is 3.06. The van der Waals surface area contributed by atoms with E-state index < -0.39 is 21.7 Å². The quantitative estimate of drug-likeness (QED) is 0.553. The highest BCUT2D eigenvalue weighted by Gasteiger charge is 2.31. The zero-order chi connectivity index (χ0) is 21.0. The Morgan fingerprint density at radius 3 is 2.76 bits per heavy atom. The lowest BCUT2D eigenvalue weighted by Gasteiger charge is -2.13. The fourth-order valence-electron chi connectivity index (χ4n) is 3.05. The van der Waals surface area contributed by atoms with Gasteiger partial charge in [0.25, 0.3) is 0 Å². The molecule has 0 radical (unpaired) electrons. The Bertz CT molecular complexity index is 1070. The van der Waals surface area contributed by atoms with Crippen LogP contribution in [0.15, 0.2) is 30.3 Å². The van der Waals surface area contributed by atoms with Crippen molar-refractivity contribution in [2.45, 2.75) is 19.1 Å². The molecule has 0 bridgehead atoms. The Hall–Kier alpha value is -2.65. The normalized spacial score (nSPS) is 15.0. The fourth-order valence-corrected chi connectivity index (χ4v) is 6.09. The molecular formula is C20H21NO6S2. The lowest BCUT2D eigenvalue weighted by atomic mass is 10.1. The van der Waals surface area contributed by atoms with Crippen molar-refractivity contribution in [1.29, 1.82) is 0 Å². The van der Waals surface area contributed by atoms with Gasteiger partial charge in [-0.3, -0.25) is 4.79 Å². The van der Waals surface area contributed by atoms with Crippen LogP contribution in [0, 0.1) is 0 Å². The third-order valence-corrected chi connectivity index (χ3v) is 7.26. The van der Waals surface area contributed by atoms with Crippen LogP contribution in [0.1, 0.15) is 33.3 Å². The summed E-state index contributed by atoms with van der Waals surface area (Å²) in [5.74, 6) is -0.534. The largest absolute Gasteiger partial charge is 0.496 e. The van der Waals surface area contributed by atoms with E-state index in [4.69, 9.17) is 9.47 Å². The average Bonchev–Trinajstić information content (AvgIpc) is 3.02. The first kappa shape index (κ1) is 21.1. The van der Waals surface area contributed by atoms with Crippen LogP contribution in [0.25, 0.3) is 6.08 Å². The van der Waals surface area contributed by atoms with Gasteiger partial charge in [0, 0.05) is 16.5 Å². The Morgan fingerprint density at radius 1 is 1.28 bits per heavy atom. The van der Waals surface area contributed by atoms with E-state index in [0.717, 1.165) is 16.9 Å². The standard InChI is InChI=1S/C20H21NO6S2/c1-3-27-20(23)18-14-10-11-29(24,25)12-16(14)28-19(18)21-17(22)9-8-13-6-4-5-7-15(13)26-2/h4-9H,3,10-12H2,1-2H3,(H,21,22)/b9-8+. The van der Waals surface area contributed by atoms with Crippen molar-refractivity contribution in [1.82, 2.24) is 0 Å². The minimum atomic E-state index is -3.20. The number of esters is 1. The Morgan fingerprint density at radius 2 is 2.03 bits per heavy atom. The van der Waals surface area contributed by atoms with Crippen molar-refractivity contribution in [3.05, 3.63) is 51.9 Å². The Labute approximate surface area is 173 Å². The van der Waals surface area contributed by atoms with Crippen LogP contribution in [0.5, 0.6) is 5.75 Å². The number of rotatable bonds is 6. The number of amides is 1. The van der Waals surface area contributed by atoms with Gasteiger partial charge in [-0.1, -0.05) is 18.2 Å². The number of hydrogen-bond acceptors (Lipinski definition) is 7. The van der Waals surface area contributed by atoms with Gasteiger partial charge < -0.3 is 14.8 Å². The highest BCUT2D eigenvalue weighted by molar-refractivity contribution is 7.90. The van der Waals surface area contributed by atoms with Crippen molar-refractivity contribution in [2.75, 3.05) is 24.8 Å². The number of nitrogens with one attached hydrogen (secondary N) is 1. The molecule has 3 rings (SSSR count). The summed E-state index contributed by atoms with van der Waals surface area (Å²) < 4.78 is 34.3. The first-order valence-corrected chi connectivity index (χ1v) is 11.6. The highest BCUT2D eigenvalue weighted by atomic mass is 32.2. The molecule has 1 aliphatic heterocycles. The molecule has 29 heavy (non-hydrogen) atoms. The van der Waals surface area contributed by atoms with Crippen molar-refractivity contribution in [2.24, 2.45) is 0 Å². The second-order valence-electron chi connectivity index (χ2n) is 6.33. The molecule has 7 nitrogen and oxygen atoms in total. The number of carbonyl (C=O) groups is 2. The SMILES string of the molecule is CCOC(=O)c1c(NC(=O)/C=C/c2ccccc2OC)sc2c1CCS(=O)(=O)C2. The van der Waals surface area contributed by atoms with Crippen LogP contribution in [-0.2, 0) is 31.5 Å². The van der Waals surface area contributed by atoms with E-state index in [9.17, 15) is 18.0 Å². The summed E-state index contributed by atoms with van der Waals surface area (Å²) >= 11 is 1.11. The van der Waals surface area contributed by atoms with E-state index in [1.54, 1.807) is 32.2 Å². The summed E-state index contributed by atoms with van der Waals surface area (Å²) in [6.07, 6.45) is 3.17. The van der Waals surface area contributed by atoms with Gasteiger partial charge in [0.1, 0.15) is 10.8 Å². The van der Waals surface area contributed by atoms with E-state index in [1.807, 2.05) is 12.1 Å². The Kier molecular flexibility index (Phi) is 6.39. The molecule has 0 atom stereocenters. The maximum Gasteiger partial charge on any atom is 0.341 e. The second kappa shape index (κ2) is 8.79. The maximum atomic E-state index is 12.5. The summed E-state index contributed by atoms with van der Waals surface area (Å²) in [5, 5.41) is 3.00. The summed E-state index contributed by atoms with van der Waals surface area (Å²) in [6.45, 7) is 1.87. The number of methoxy groups -OCH3 is 1. The van der Waals surface area contributed by atoms with Gasteiger partial charge in [0.2, 0.25) is 5.91 Å². The van der Waals surface area contributed by atoms with Crippen LogP contribution in [0.3, 0.4) is 0 Å². The minimum absolute atomic E-state index is 0.0236. The highest BCUT2D eigenvalue weighted by Crippen LogP contribution is 2.38. The number of para-hydroxylation sites is 1. The number of thiophene rings is 1. The van der Waals surface area contributed by atoms with Crippen molar-refractivity contribution in [3.63, 3.8) is 0 Å². The Balaban J connectivity index is 1.88. The van der Waals surface area contributed by atoms with Gasteiger partial charge in [-0.2, -0.15) is 0 Å². The zero-order valence-electron chi connectivity index (χ0n) is 16.1. The molecule has 1 N–H and O–H groups in total. The number of fused-ring (bicyclic) bond motifs is 1. The number of carbonyl (C=O) groups excluding carboxylic acids is 2. The summed E-state index contributed by atoms with van der Waals surface area (Å²) in [5.41, 5.74) is 1.63. The molecule has 9 heteroatoms. The summed E-state index contributed by atoms with van der Waals surface area (Å²) in [4.78, 5) is 25.5. The van der Waals surface area contributed by atoms with Gasteiger partial charge in [0.15, 0.2) is 9.84 Å². The summed E-state index contributed by atoms with van der Waals surface area (Å²) in [6, 6.07) is 7.24. The van der Waals surface area contributed by atoms with E-state index in [0.29, 0.717) is 21.2 Å². The molecule has 1 aromatic heterocycles. The smallest absolute Gasteiger partial charge is 0.341 e. The first-order valence-electron chi connectivity index (χ1n) is 8.98. The summed E-state index contributed by atoms with van der Waals surface area (Å²) in [7, 11) is -1.66. The first-order chi connectivity index (χ1) is 13.8. The lowest BCUT2D eigenvalue weighted by Crippen LogP contribution is -2.20. The van der Waals surface area contributed by atoms with E-state index >= 15 is 0 Å². The van der Waals surface area contributed by atoms with E-state index in [1.165, 1.54) is 6.08 Å². The van der Waals surface area contributed by atoms with Crippen LogP contribution < -0.4 is 10.1 Å². The number of anilines is 1. The molecule has 0 fully saturated rings. The van der Waals surface area contributed by atoms with Gasteiger partial charge in [-0.15, -0.1) is 11.3 Å². The molecular weight excluding hydrogens is 414 g/mol. The van der Waals surface area contributed by atoms with Gasteiger partial charge in [-0.25, -0.2) is 13.2 Å². The molecule has 0 saturated heterocycles. The van der Waals surface area contributed by atoms with E-state index in [2.05, 4.69) is 5.32 Å². The number of benzene rings is 1. The van der Waals surface area contributed by atoms with Crippen LogP contribution in [0.2, 0.25) is 0 Å². The molecule has 1 aliphatic rings. The van der Waals surface area contributed by atoms with Crippen LogP contribution in [-0.4, -0.2) is 39.8 Å². The number of ether oxygens (including phenoxy) is 2. The van der Waals surface area contributed by atoms with E-state index in [-0.39, 0.29) is 30.1 Å². The molecule has 2 aromatic rings. The topological polar surface area (TPSA) is 98.8 Å². The molecule has 1 amide bonds. The van der Waals surface area contributed by atoms with Crippen molar-refractivity contribution >= 4 is 44.1 Å². The molecule has 0 spiro atoms. The number of hydrogen-bond donors (Lipinski definition) is 1. The fraction of sp³-hybridized carbons (Fsp3) is 0.300. The molecule has 2 heterocycles. The van der Waals surface area contributed by atoms with Gasteiger partial charge >= 0.3 is 5.97 Å². The molecule has 0 unspecified atom stereocenters. The predicted molar refractivity (Wildman–Crippen MR) is 112 cm³/mol. The molecule has 154 valence electrons. The lowest BCUT2D eigenvalue weighted by molar-refractivity contribution is -0.111. The monoisotopic (exact) mass is 435 g/mol. The van der Waals surface area contributed by atoms with Gasteiger partial charge in [0.05, 0.1) is 30.8 Å². The van der Waals surface area contributed by atoms with Gasteiger partial charge in [-0.05, 0) is 31.1 Å². The van der Waals surface area contributed by atoms with Crippen LogP contribution >= 0.6 is 11.3 Å². The third-order valence-electron chi connectivity index (χ3n) is 4.37. The molecule has 1 aromatic carbocycles. The molecule has 0 aliphatic carbocycles. The second-order valence-corrected chi connectivity index (χ2v) is 9.62. The average molecular weight is 436 g/mol. The number of sulfone groups is 1. The molecule has 0 saturated carbocycles. The minimum Gasteiger partial charge on any atom is -0.496 e. The van der Waals surface area contributed by atoms with Crippen molar-refractivity contribution in [3.8, 4) is 5.75 Å². The van der Waals surface area contributed by atoms with Crippen LogP contribution in [0.4, 0.5) is 5.00 Å². The third kappa shape index (κ3) is 4.86. The van der Waals surface area contributed by atoms with Crippen molar-refractivity contribution < 1.29 is 27.5 Å².